The molecule has 112 valence electrons. The Morgan fingerprint density at radius 1 is 1.55 bits per heavy atom. The third-order valence-electron chi connectivity index (χ3n) is 3.15. The molecule has 6 nitrogen and oxygen atoms in total. The number of halogens is 1. The summed E-state index contributed by atoms with van der Waals surface area (Å²) in [6.45, 7) is 1.11. The average Bonchev–Trinajstić information content (AvgIpc) is 2.91. The summed E-state index contributed by atoms with van der Waals surface area (Å²) >= 11 is 5.94. The van der Waals surface area contributed by atoms with Gasteiger partial charge in [0.2, 0.25) is 10.0 Å². The van der Waals surface area contributed by atoms with Gasteiger partial charge in [-0.25, -0.2) is 18.1 Å². The number of nitrogens with one attached hydrogen (secondary N) is 2. The summed E-state index contributed by atoms with van der Waals surface area (Å²) in [5, 5.41) is 3.05. The molecule has 0 radical (unpaired) electrons. The largest absolute Gasteiger partial charge is 0.378 e. The summed E-state index contributed by atoms with van der Waals surface area (Å²) < 4.78 is 32.2. The van der Waals surface area contributed by atoms with Crippen LogP contribution in [0.5, 0.6) is 0 Å². The molecule has 0 aliphatic carbocycles. The fourth-order valence-corrected chi connectivity index (χ4v) is 3.40. The number of nitrogens with zero attached hydrogens (tertiary/aromatic N) is 1. The van der Waals surface area contributed by atoms with Gasteiger partial charge in [-0.05, 0) is 25.3 Å². The van der Waals surface area contributed by atoms with Crippen LogP contribution < -0.4 is 10.0 Å². The smallest absolute Gasteiger partial charge is 0.242 e. The highest BCUT2D eigenvalue weighted by molar-refractivity contribution is 7.89. The first-order valence-corrected chi connectivity index (χ1v) is 8.33. The van der Waals surface area contributed by atoms with E-state index in [1.807, 2.05) is 0 Å². The molecule has 2 heterocycles. The van der Waals surface area contributed by atoms with Gasteiger partial charge in [-0.3, -0.25) is 0 Å². The van der Waals surface area contributed by atoms with Crippen molar-refractivity contribution in [1.29, 1.82) is 0 Å². The first-order chi connectivity index (χ1) is 9.53. The number of hydrogen-bond donors (Lipinski definition) is 2. The maximum atomic E-state index is 12.1. The monoisotopic (exact) mass is 319 g/mol. The lowest BCUT2D eigenvalue weighted by Crippen LogP contribution is -2.27. The van der Waals surface area contributed by atoms with Crippen molar-refractivity contribution in [3.05, 3.63) is 17.3 Å². The first-order valence-electron chi connectivity index (χ1n) is 6.47. The van der Waals surface area contributed by atoms with Gasteiger partial charge in [0, 0.05) is 26.4 Å². The lowest BCUT2D eigenvalue weighted by molar-refractivity contribution is 0.105. The Bertz CT molecular complexity index is 559. The van der Waals surface area contributed by atoms with E-state index in [-0.39, 0.29) is 16.0 Å². The highest BCUT2D eigenvalue weighted by atomic mass is 35.5. The van der Waals surface area contributed by atoms with E-state index in [9.17, 15) is 8.42 Å². The van der Waals surface area contributed by atoms with Crippen LogP contribution in [0.3, 0.4) is 0 Å². The third kappa shape index (κ3) is 3.82. The minimum atomic E-state index is -3.58. The second-order valence-electron chi connectivity index (χ2n) is 4.57. The molecule has 0 amide bonds. The number of anilines is 1. The van der Waals surface area contributed by atoms with Crippen molar-refractivity contribution in [2.45, 2.75) is 30.3 Å². The normalized spacial score (nSPS) is 19.2. The molecule has 1 aromatic rings. The number of hydrogen-bond acceptors (Lipinski definition) is 5. The molecule has 1 aliphatic rings. The highest BCUT2D eigenvalue weighted by Gasteiger charge is 2.19. The number of ether oxygens (including phenoxy) is 1. The number of rotatable bonds is 6. The van der Waals surface area contributed by atoms with Crippen LogP contribution in [-0.4, -0.2) is 39.7 Å². The van der Waals surface area contributed by atoms with Gasteiger partial charge in [-0.15, -0.1) is 0 Å². The molecule has 1 aliphatic heterocycles. The molecule has 0 saturated carbocycles. The fraction of sp³-hybridized carbons (Fsp3) is 0.583. The molecule has 2 rings (SSSR count). The van der Waals surface area contributed by atoms with E-state index in [0.717, 1.165) is 19.4 Å². The van der Waals surface area contributed by atoms with Crippen molar-refractivity contribution < 1.29 is 13.2 Å². The Morgan fingerprint density at radius 3 is 2.95 bits per heavy atom. The molecule has 2 N–H and O–H groups in total. The number of sulfonamides is 1. The van der Waals surface area contributed by atoms with Crippen molar-refractivity contribution >= 4 is 27.4 Å². The highest BCUT2D eigenvalue weighted by Crippen LogP contribution is 2.22. The van der Waals surface area contributed by atoms with E-state index >= 15 is 0 Å². The minimum Gasteiger partial charge on any atom is -0.378 e. The first kappa shape index (κ1) is 15.5. The summed E-state index contributed by atoms with van der Waals surface area (Å²) in [5.74, 6) is 0.449. The molecule has 0 spiro atoms. The SMILES string of the molecule is CNc1ncc(S(=O)(=O)NCCC2CCCO2)cc1Cl. The Hall–Kier alpha value is -0.890. The number of aromatic nitrogens is 1. The van der Waals surface area contributed by atoms with Gasteiger partial charge in [0.15, 0.2) is 0 Å². The van der Waals surface area contributed by atoms with Crippen molar-refractivity contribution in [2.24, 2.45) is 0 Å². The van der Waals surface area contributed by atoms with Crippen LogP contribution in [-0.2, 0) is 14.8 Å². The second kappa shape index (κ2) is 6.71. The molecule has 1 saturated heterocycles. The van der Waals surface area contributed by atoms with Crippen molar-refractivity contribution in [3.63, 3.8) is 0 Å². The van der Waals surface area contributed by atoms with Gasteiger partial charge in [0.25, 0.3) is 0 Å². The predicted octanol–water partition coefficient (Wildman–Crippen LogP) is 1.62. The maximum absolute atomic E-state index is 12.1. The number of pyridine rings is 1. The van der Waals surface area contributed by atoms with Crippen LogP contribution in [0.15, 0.2) is 17.2 Å². The zero-order valence-corrected chi connectivity index (χ0v) is 12.8. The van der Waals surface area contributed by atoms with Gasteiger partial charge in [-0.1, -0.05) is 11.6 Å². The van der Waals surface area contributed by atoms with E-state index < -0.39 is 10.0 Å². The van der Waals surface area contributed by atoms with E-state index in [0.29, 0.717) is 18.8 Å². The third-order valence-corrected chi connectivity index (χ3v) is 4.86. The zero-order valence-electron chi connectivity index (χ0n) is 11.2. The van der Waals surface area contributed by atoms with Crippen LogP contribution in [0.4, 0.5) is 5.82 Å². The zero-order chi connectivity index (χ0) is 14.6. The summed E-state index contributed by atoms with van der Waals surface area (Å²) in [4.78, 5) is 4.03. The molecule has 8 heteroatoms. The van der Waals surface area contributed by atoms with Gasteiger partial charge in [-0.2, -0.15) is 0 Å². The van der Waals surface area contributed by atoms with Crippen molar-refractivity contribution in [3.8, 4) is 0 Å². The molecular formula is C12H18ClN3O3S. The van der Waals surface area contributed by atoms with E-state index in [4.69, 9.17) is 16.3 Å². The Labute approximate surface area is 123 Å². The fourth-order valence-electron chi connectivity index (χ4n) is 2.06. The summed E-state index contributed by atoms with van der Waals surface area (Å²) in [7, 11) is -1.91. The lowest BCUT2D eigenvalue weighted by Gasteiger charge is -2.11. The molecule has 20 heavy (non-hydrogen) atoms. The topological polar surface area (TPSA) is 80.3 Å². The molecule has 1 atom stereocenters. The minimum absolute atomic E-state index is 0.0637. The van der Waals surface area contributed by atoms with Gasteiger partial charge in [0.1, 0.15) is 10.7 Å². The standard InChI is InChI=1S/C12H18ClN3O3S/c1-14-12-11(13)7-10(8-15-12)20(17,18)16-5-4-9-3-2-6-19-9/h7-9,16H,2-6H2,1H3,(H,14,15). The van der Waals surface area contributed by atoms with E-state index in [1.54, 1.807) is 7.05 Å². The molecule has 1 unspecified atom stereocenters. The predicted molar refractivity (Wildman–Crippen MR) is 77.6 cm³/mol. The average molecular weight is 320 g/mol. The Balaban J connectivity index is 1.96. The summed E-state index contributed by atoms with van der Waals surface area (Å²) in [6, 6.07) is 1.38. The van der Waals surface area contributed by atoms with Crippen LogP contribution in [0.1, 0.15) is 19.3 Å². The maximum Gasteiger partial charge on any atom is 0.242 e. The van der Waals surface area contributed by atoms with Gasteiger partial charge < -0.3 is 10.1 Å². The van der Waals surface area contributed by atoms with Gasteiger partial charge >= 0.3 is 0 Å². The lowest BCUT2D eigenvalue weighted by atomic mass is 10.2. The quantitative estimate of drug-likeness (QED) is 0.833. The van der Waals surface area contributed by atoms with Crippen LogP contribution in [0.25, 0.3) is 0 Å². The van der Waals surface area contributed by atoms with Crippen LogP contribution in [0, 0.1) is 0 Å². The second-order valence-corrected chi connectivity index (χ2v) is 6.75. The molecule has 1 fully saturated rings. The molecule has 0 bridgehead atoms. The summed E-state index contributed by atoms with van der Waals surface area (Å²) in [5.41, 5.74) is 0. The van der Waals surface area contributed by atoms with Crippen LogP contribution in [0.2, 0.25) is 5.02 Å². The van der Waals surface area contributed by atoms with E-state index in [1.165, 1.54) is 12.3 Å². The van der Waals surface area contributed by atoms with Crippen molar-refractivity contribution in [2.75, 3.05) is 25.5 Å². The molecular weight excluding hydrogens is 302 g/mol. The van der Waals surface area contributed by atoms with Crippen molar-refractivity contribution in [1.82, 2.24) is 9.71 Å². The Morgan fingerprint density at radius 2 is 2.35 bits per heavy atom. The molecule has 0 aromatic carbocycles. The van der Waals surface area contributed by atoms with Crippen LogP contribution >= 0.6 is 11.6 Å². The summed E-state index contributed by atoms with van der Waals surface area (Å²) in [6.07, 6.45) is 4.15. The Kier molecular flexibility index (Phi) is 5.20. The van der Waals surface area contributed by atoms with Gasteiger partial charge in [0.05, 0.1) is 11.1 Å². The van der Waals surface area contributed by atoms with E-state index in [2.05, 4.69) is 15.0 Å². The molecule has 1 aromatic heterocycles.